The number of hydrogen-bond acceptors (Lipinski definition) is 1. The normalized spacial score (nSPS) is 11.6. The second-order valence-electron chi connectivity index (χ2n) is 3.40. The summed E-state index contributed by atoms with van der Waals surface area (Å²) in [7, 11) is 0. The summed E-state index contributed by atoms with van der Waals surface area (Å²) < 4.78 is 0. The van der Waals surface area contributed by atoms with E-state index >= 15 is 0 Å². The molecule has 0 aliphatic heterocycles. The molecule has 2 nitrogen and oxygen atoms in total. The van der Waals surface area contributed by atoms with Crippen molar-refractivity contribution < 1.29 is 0 Å². The van der Waals surface area contributed by atoms with Gasteiger partial charge in [0.15, 0.2) is 0 Å². The Balaban J connectivity index is 2.43. The maximum Gasteiger partial charge on any atom is 0.0996 e. The van der Waals surface area contributed by atoms with Crippen LogP contribution in [0.2, 0.25) is 0 Å². The number of para-hydroxylation sites is 1. The molecule has 0 saturated carbocycles. The van der Waals surface area contributed by atoms with Gasteiger partial charge in [0.05, 0.1) is 11.5 Å². The average Bonchev–Trinajstić information content (AvgIpc) is 2.20. The molecule has 1 aromatic carbocycles. The minimum absolute atomic E-state index is 0.740. The molecule has 0 spiro atoms. The molecule has 0 radical (unpaired) electrons. The van der Waals surface area contributed by atoms with Crippen molar-refractivity contribution in [2.75, 3.05) is 0 Å². The highest BCUT2D eigenvalue weighted by molar-refractivity contribution is 5.82. The lowest BCUT2D eigenvalue weighted by molar-refractivity contribution is 0.740. The molecule has 0 bridgehead atoms. The van der Waals surface area contributed by atoms with Crippen LogP contribution >= 0.6 is 0 Å². The maximum absolute atomic E-state index is 5.80. The van der Waals surface area contributed by atoms with E-state index in [1.54, 1.807) is 0 Å². The molecule has 2 N–H and O–H groups in total. The Morgan fingerprint density at radius 1 is 1.21 bits per heavy atom. The first-order valence-corrected chi connectivity index (χ1v) is 5.21. The molecular formula is C12H18N2. The van der Waals surface area contributed by atoms with Crippen molar-refractivity contribution >= 4 is 11.5 Å². The second kappa shape index (κ2) is 6.19. The third kappa shape index (κ3) is 4.08. The SMILES string of the molecule is CCCCCC(N)=Nc1ccccc1. The highest BCUT2D eigenvalue weighted by atomic mass is 14.8. The van der Waals surface area contributed by atoms with Gasteiger partial charge in [-0.25, -0.2) is 4.99 Å². The summed E-state index contributed by atoms with van der Waals surface area (Å²) in [6, 6.07) is 9.85. The summed E-state index contributed by atoms with van der Waals surface area (Å²) in [5.41, 5.74) is 6.74. The van der Waals surface area contributed by atoms with Crippen LogP contribution in [0.3, 0.4) is 0 Å². The van der Waals surface area contributed by atoms with Crippen LogP contribution < -0.4 is 5.73 Å². The van der Waals surface area contributed by atoms with Gasteiger partial charge in [-0.3, -0.25) is 0 Å². The number of aliphatic imine (C=N–C) groups is 1. The summed E-state index contributed by atoms with van der Waals surface area (Å²) in [5.74, 6) is 0.740. The number of nitrogens with zero attached hydrogens (tertiary/aromatic N) is 1. The van der Waals surface area contributed by atoms with Crippen LogP contribution in [0.1, 0.15) is 32.6 Å². The first-order valence-electron chi connectivity index (χ1n) is 5.21. The second-order valence-corrected chi connectivity index (χ2v) is 3.40. The van der Waals surface area contributed by atoms with E-state index in [1.165, 1.54) is 12.8 Å². The zero-order valence-electron chi connectivity index (χ0n) is 8.74. The quantitative estimate of drug-likeness (QED) is 0.432. The lowest BCUT2D eigenvalue weighted by atomic mass is 10.2. The van der Waals surface area contributed by atoms with Crippen molar-refractivity contribution in [1.82, 2.24) is 0 Å². The smallest absolute Gasteiger partial charge is 0.0996 e. The predicted octanol–water partition coefficient (Wildman–Crippen LogP) is 3.26. The fourth-order valence-corrected chi connectivity index (χ4v) is 1.28. The van der Waals surface area contributed by atoms with E-state index in [0.29, 0.717) is 0 Å². The number of rotatable bonds is 5. The zero-order valence-corrected chi connectivity index (χ0v) is 8.74. The summed E-state index contributed by atoms with van der Waals surface area (Å²) in [6.07, 6.45) is 4.49. The van der Waals surface area contributed by atoms with Gasteiger partial charge in [0, 0.05) is 6.42 Å². The van der Waals surface area contributed by atoms with Crippen LogP contribution in [0.5, 0.6) is 0 Å². The van der Waals surface area contributed by atoms with Crippen LogP contribution in [-0.4, -0.2) is 5.84 Å². The van der Waals surface area contributed by atoms with E-state index in [1.807, 2.05) is 30.3 Å². The van der Waals surface area contributed by atoms with E-state index in [0.717, 1.165) is 24.4 Å². The van der Waals surface area contributed by atoms with Crippen LogP contribution in [-0.2, 0) is 0 Å². The van der Waals surface area contributed by atoms with Crippen LogP contribution in [0.25, 0.3) is 0 Å². The van der Waals surface area contributed by atoms with Gasteiger partial charge < -0.3 is 5.73 Å². The van der Waals surface area contributed by atoms with Crippen molar-refractivity contribution in [3.63, 3.8) is 0 Å². The molecule has 2 heteroatoms. The molecule has 0 saturated heterocycles. The molecule has 0 aliphatic rings. The summed E-state index contributed by atoms with van der Waals surface area (Å²) >= 11 is 0. The number of nitrogens with two attached hydrogens (primary N) is 1. The van der Waals surface area contributed by atoms with Crippen molar-refractivity contribution in [2.45, 2.75) is 32.6 Å². The van der Waals surface area contributed by atoms with Crippen molar-refractivity contribution in [2.24, 2.45) is 10.7 Å². The number of hydrogen-bond donors (Lipinski definition) is 1. The third-order valence-corrected chi connectivity index (χ3v) is 2.07. The van der Waals surface area contributed by atoms with Crippen LogP contribution in [0.4, 0.5) is 5.69 Å². The molecule has 0 atom stereocenters. The fourth-order valence-electron chi connectivity index (χ4n) is 1.28. The van der Waals surface area contributed by atoms with Gasteiger partial charge in [-0.1, -0.05) is 38.0 Å². The molecule has 76 valence electrons. The van der Waals surface area contributed by atoms with Gasteiger partial charge in [0.2, 0.25) is 0 Å². The van der Waals surface area contributed by atoms with Gasteiger partial charge in [-0.2, -0.15) is 0 Å². The Hall–Kier alpha value is -1.31. The van der Waals surface area contributed by atoms with Gasteiger partial charge >= 0.3 is 0 Å². The molecule has 0 heterocycles. The van der Waals surface area contributed by atoms with Crippen molar-refractivity contribution in [3.8, 4) is 0 Å². The molecule has 0 aromatic heterocycles. The molecular weight excluding hydrogens is 172 g/mol. The molecule has 0 fully saturated rings. The third-order valence-electron chi connectivity index (χ3n) is 2.07. The summed E-state index contributed by atoms with van der Waals surface area (Å²) in [4.78, 5) is 4.33. The van der Waals surface area contributed by atoms with Crippen LogP contribution in [0, 0.1) is 0 Å². The number of unbranched alkanes of at least 4 members (excludes halogenated alkanes) is 2. The Labute approximate surface area is 85.9 Å². The standard InChI is InChI=1S/C12H18N2/c1-2-3-5-10-12(13)14-11-8-6-4-7-9-11/h4,6-9H,2-3,5,10H2,1H3,(H2,13,14). The van der Waals surface area contributed by atoms with E-state index in [-0.39, 0.29) is 0 Å². The Morgan fingerprint density at radius 3 is 2.57 bits per heavy atom. The lowest BCUT2D eigenvalue weighted by Gasteiger charge is -1.99. The molecule has 1 aromatic rings. The molecule has 0 aliphatic carbocycles. The molecule has 1 rings (SSSR count). The topological polar surface area (TPSA) is 38.4 Å². The monoisotopic (exact) mass is 190 g/mol. The first-order chi connectivity index (χ1) is 6.83. The van der Waals surface area contributed by atoms with E-state index < -0.39 is 0 Å². The maximum atomic E-state index is 5.80. The zero-order chi connectivity index (χ0) is 10.2. The minimum atomic E-state index is 0.740. The Kier molecular flexibility index (Phi) is 4.76. The Morgan fingerprint density at radius 2 is 1.93 bits per heavy atom. The largest absolute Gasteiger partial charge is 0.387 e. The average molecular weight is 190 g/mol. The fraction of sp³-hybridized carbons (Fsp3) is 0.417. The van der Waals surface area contributed by atoms with Gasteiger partial charge in [-0.15, -0.1) is 0 Å². The predicted molar refractivity (Wildman–Crippen MR) is 61.9 cm³/mol. The molecule has 0 unspecified atom stereocenters. The lowest BCUT2D eigenvalue weighted by Crippen LogP contribution is -2.10. The number of benzene rings is 1. The van der Waals surface area contributed by atoms with Gasteiger partial charge in [0.25, 0.3) is 0 Å². The molecule has 14 heavy (non-hydrogen) atoms. The minimum Gasteiger partial charge on any atom is -0.387 e. The van der Waals surface area contributed by atoms with E-state index in [2.05, 4.69) is 11.9 Å². The van der Waals surface area contributed by atoms with Crippen LogP contribution in [0.15, 0.2) is 35.3 Å². The highest BCUT2D eigenvalue weighted by Gasteiger charge is 1.93. The highest BCUT2D eigenvalue weighted by Crippen LogP contribution is 2.10. The van der Waals surface area contributed by atoms with E-state index in [9.17, 15) is 0 Å². The van der Waals surface area contributed by atoms with Gasteiger partial charge in [-0.05, 0) is 18.6 Å². The molecule has 0 amide bonds. The van der Waals surface area contributed by atoms with E-state index in [4.69, 9.17) is 5.73 Å². The van der Waals surface area contributed by atoms with Crippen molar-refractivity contribution in [1.29, 1.82) is 0 Å². The Bertz CT molecular complexity index is 278. The summed E-state index contributed by atoms with van der Waals surface area (Å²) in [5, 5.41) is 0. The first kappa shape index (κ1) is 10.8. The number of amidine groups is 1. The van der Waals surface area contributed by atoms with Gasteiger partial charge in [0.1, 0.15) is 0 Å². The van der Waals surface area contributed by atoms with Crippen molar-refractivity contribution in [3.05, 3.63) is 30.3 Å². The summed E-state index contributed by atoms with van der Waals surface area (Å²) in [6.45, 7) is 2.19.